The van der Waals surface area contributed by atoms with Crippen molar-refractivity contribution in [3.63, 3.8) is 0 Å². The number of rotatable bonds is 11. The van der Waals surface area contributed by atoms with Crippen LogP contribution >= 0.6 is 0 Å². The van der Waals surface area contributed by atoms with Crippen LogP contribution in [-0.2, 0) is 25.6 Å². The molecule has 2 amide bonds. The zero-order valence-corrected chi connectivity index (χ0v) is 17.4. The van der Waals surface area contributed by atoms with E-state index in [-0.39, 0.29) is 25.2 Å². The summed E-state index contributed by atoms with van der Waals surface area (Å²) >= 11 is 0. The van der Waals surface area contributed by atoms with Crippen LogP contribution < -0.4 is 16.4 Å². The molecule has 31 heavy (non-hydrogen) atoms. The maximum atomic E-state index is 12.8. The van der Waals surface area contributed by atoms with E-state index in [0.717, 1.165) is 10.9 Å². The number of H-pyrrole nitrogens is 1. The van der Waals surface area contributed by atoms with Crippen LogP contribution in [0.2, 0.25) is 0 Å². The van der Waals surface area contributed by atoms with Crippen molar-refractivity contribution in [2.45, 2.75) is 51.2 Å². The molecule has 7 N–H and O–H groups in total. The molecule has 0 aliphatic carbocycles. The van der Waals surface area contributed by atoms with Crippen molar-refractivity contribution in [2.75, 3.05) is 0 Å². The lowest BCUT2D eigenvalue weighted by Gasteiger charge is -2.23. The first-order valence-corrected chi connectivity index (χ1v) is 9.96. The second kappa shape index (κ2) is 10.6. The minimum atomic E-state index is -1.27. The van der Waals surface area contributed by atoms with Crippen LogP contribution in [0.25, 0.3) is 10.9 Å². The Kier molecular flexibility index (Phi) is 8.14. The van der Waals surface area contributed by atoms with Gasteiger partial charge in [-0.3, -0.25) is 14.4 Å². The SMILES string of the molecule is CC(C)[C@H](N)C(=O)N[C@@H](CCC(=O)O)C(=O)N[C@@H](Cc1c[nH]c2ccccc12)C(=O)O. The van der Waals surface area contributed by atoms with E-state index in [4.69, 9.17) is 10.8 Å². The molecular weight excluding hydrogens is 404 g/mol. The smallest absolute Gasteiger partial charge is 0.326 e. The van der Waals surface area contributed by atoms with Gasteiger partial charge < -0.3 is 31.6 Å². The molecule has 2 rings (SSSR count). The van der Waals surface area contributed by atoms with Crippen LogP contribution in [0.5, 0.6) is 0 Å². The molecule has 1 heterocycles. The summed E-state index contributed by atoms with van der Waals surface area (Å²) in [5.74, 6) is -3.98. The number of benzene rings is 1. The first-order chi connectivity index (χ1) is 14.6. The lowest BCUT2D eigenvalue weighted by atomic mass is 10.0. The van der Waals surface area contributed by atoms with E-state index in [2.05, 4.69) is 15.6 Å². The van der Waals surface area contributed by atoms with Crippen LogP contribution in [0.1, 0.15) is 32.3 Å². The van der Waals surface area contributed by atoms with E-state index in [0.29, 0.717) is 5.56 Å². The maximum absolute atomic E-state index is 12.8. The van der Waals surface area contributed by atoms with Gasteiger partial charge in [0.2, 0.25) is 11.8 Å². The number of carbonyl (C=O) groups is 4. The summed E-state index contributed by atoms with van der Waals surface area (Å²) in [4.78, 5) is 50.8. The average Bonchev–Trinajstić information content (AvgIpc) is 3.12. The maximum Gasteiger partial charge on any atom is 0.326 e. The third-order valence-corrected chi connectivity index (χ3v) is 5.01. The molecule has 10 nitrogen and oxygen atoms in total. The highest BCUT2D eigenvalue weighted by molar-refractivity contribution is 5.92. The normalized spacial score (nSPS) is 14.1. The van der Waals surface area contributed by atoms with E-state index in [9.17, 15) is 24.3 Å². The van der Waals surface area contributed by atoms with E-state index < -0.39 is 41.9 Å². The highest BCUT2D eigenvalue weighted by Crippen LogP contribution is 2.19. The third-order valence-electron chi connectivity index (χ3n) is 5.01. The number of carboxylic acids is 2. The molecule has 1 aromatic carbocycles. The average molecular weight is 432 g/mol. The molecule has 0 radical (unpaired) electrons. The van der Waals surface area contributed by atoms with Gasteiger partial charge in [0.1, 0.15) is 12.1 Å². The quantitative estimate of drug-likeness (QED) is 0.301. The molecule has 0 fully saturated rings. The van der Waals surface area contributed by atoms with Gasteiger partial charge in [-0.05, 0) is 24.0 Å². The van der Waals surface area contributed by atoms with Crippen molar-refractivity contribution < 1.29 is 29.4 Å². The van der Waals surface area contributed by atoms with Gasteiger partial charge >= 0.3 is 11.9 Å². The largest absolute Gasteiger partial charge is 0.481 e. The van der Waals surface area contributed by atoms with Crippen LogP contribution in [0.4, 0.5) is 0 Å². The topological polar surface area (TPSA) is 175 Å². The second-order valence-corrected chi connectivity index (χ2v) is 7.73. The summed E-state index contributed by atoms with van der Waals surface area (Å²) in [6, 6.07) is 3.97. The van der Waals surface area contributed by atoms with Crippen molar-refractivity contribution >= 4 is 34.7 Å². The van der Waals surface area contributed by atoms with Gasteiger partial charge in [0.05, 0.1) is 6.04 Å². The van der Waals surface area contributed by atoms with Gasteiger partial charge in [-0.25, -0.2) is 4.79 Å². The third kappa shape index (κ3) is 6.54. The van der Waals surface area contributed by atoms with Crippen molar-refractivity contribution in [3.05, 3.63) is 36.0 Å². The van der Waals surface area contributed by atoms with E-state index >= 15 is 0 Å². The number of aliphatic carboxylic acids is 2. The molecule has 0 bridgehead atoms. The number of hydrogen-bond donors (Lipinski definition) is 6. The lowest BCUT2D eigenvalue weighted by molar-refractivity contribution is -0.143. The number of hydrogen-bond acceptors (Lipinski definition) is 5. The van der Waals surface area contributed by atoms with Crippen molar-refractivity contribution in [2.24, 2.45) is 11.7 Å². The Labute approximate surface area is 179 Å². The summed E-state index contributed by atoms with van der Waals surface area (Å²) in [5, 5.41) is 24.3. The summed E-state index contributed by atoms with van der Waals surface area (Å²) in [7, 11) is 0. The number of aromatic amines is 1. The summed E-state index contributed by atoms with van der Waals surface area (Å²) in [5.41, 5.74) is 7.34. The zero-order valence-electron chi connectivity index (χ0n) is 17.4. The van der Waals surface area contributed by atoms with Crippen LogP contribution in [0, 0.1) is 5.92 Å². The number of nitrogens with one attached hydrogen (secondary N) is 3. The van der Waals surface area contributed by atoms with Crippen molar-refractivity contribution in [1.82, 2.24) is 15.6 Å². The highest BCUT2D eigenvalue weighted by Gasteiger charge is 2.29. The molecule has 168 valence electrons. The monoisotopic (exact) mass is 432 g/mol. The van der Waals surface area contributed by atoms with E-state index in [1.165, 1.54) is 0 Å². The Morgan fingerprint density at radius 3 is 2.29 bits per heavy atom. The molecule has 0 unspecified atom stereocenters. The Morgan fingerprint density at radius 2 is 1.68 bits per heavy atom. The molecule has 3 atom stereocenters. The predicted molar refractivity (Wildman–Crippen MR) is 113 cm³/mol. The number of carbonyl (C=O) groups excluding carboxylic acids is 2. The number of amides is 2. The van der Waals surface area contributed by atoms with Crippen LogP contribution in [0.3, 0.4) is 0 Å². The molecule has 2 aromatic rings. The van der Waals surface area contributed by atoms with E-state index in [1.54, 1.807) is 20.0 Å². The number of para-hydroxylation sites is 1. The molecule has 0 aliphatic heterocycles. The zero-order chi connectivity index (χ0) is 23.1. The fourth-order valence-electron chi connectivity index (χ4n) is 3.10. The van der Waals surface area contributed by atoms with E-state index in [1.807, 2.05) is 24.3 Å². The Hall–Kier alpha value is -3.40. The van der Waals surface area contributed by atoms with Gasteiger partial charge in [-0.15, -0.1) is 0 Å². The molecule has 0 saturated heterocycles. The Bertz CT molecular complexity index is 954. The molecular formula is C21H28N4O6. The minimum absolute atomic E-state index is 0.0101. The molecule has 0 spiro atoms. The van der Waals surface area contributed by atoms with Gasteiger partial charge in [-0.1, -0.05) is 32.0 Å². The number of aromatic nitrogens is 1. The Morgan fingerprint density at radius 1 is 1.03 bits per heavy atom. The van der Waals surface area contributed by atoms with Gasteiger partial charge in [0.15, 0.2) is 0 Å². The standard InChI is InChI=1S/C21H28N4O6/c1-11(2)18(22)20(29)24-15(7-8-17(26)27)19(28)25-16(21(30)31)9-12-10-23-14-6-4-3-5-13(12)14/h3-6,10-11,15-16,18,23H,7-9,22H2,1-2H3,(H,24,29)(H,25,28)(H,26,27)(H,30,31)/t15-,16-,18-/m0/s1. The number of carboxylic acid groups (broad SMARTS) is 2. The molecule has 0 aliphatic rings. The van der Waals surface area contributed by atoms with Gasteiger partial charge in [-0.2, -0.15) is 0 Å². The number of nitrogens with two attached hydrogens (primary N) is 1. The fraction of sp³-hybridized carbons (Fsp3) is 0.429. The van der Waals surface area contributed by atoms with Crippen LogP contribution in [-0.4, -0.2) is 57.1 Å². The molecule has 0 saturated carbocycles. The van der Waals surface area contributed by atoms with Crippen molar-refractivity contribution in [1.29, 1.82) is 0 Å². The molecule has 1 aromatic heterocycles. The predicted octanol–water partition coefficient (Wildman–Crippen LogP) is 0.613. The first kappa shape index (κ1) is 23.9. The highest BCUT2D eigenvalue weighted by atomic mass is 16.4. The number of fused-ring (bicyclic) bond motifs is 1. The van der Waals surface area contributed by atoms with Crippen LogP contribution in [0.15, 0.2) is 30.5 Å². The first-order valence-electron chi connectivity index (χ1n) is 9.96. The lowest BCUT2D eigenvalue weighted by Crippen LogP contribution is -2.55. The minimum Gasteiger partial charge on any atom is -0.481 e. The second-order valence-electron chi connectivity index (χ2n) is 7.73. The summed E-state index contributed by atoms with van der Waals surface area (Å²) < 4.78 is 0. The summed E-state index contributed by atoms with van der Waals surface area (Å²) in [6.45, 7) is 3.47. The fourth-order valence-corrected chi connectivity index (χ4v) is 3.10. The summed E-state index contributed by atoms with van der Waals surface area (Å²) in [6.07, 6.45) is 1.11. The Balaban J connectivity index is 2.15. The van der Waals surface area contributed by atoms with Gasteiger partial charge in [0.25, 0.3) is 0 Å². The van der Waals surface area contributed by atoms with Gasteiger partial charge in [0, 0.05) is 29.9 Å². The van der Waals surface area contributed by atoms with Crippen molar-refractivity contribution in [3.8, 4) is 0 Å². The molecule has 10 heteroatoms.